The van der Waals surface area contributed by atoms with Gasteiger partial charge in [-0.05, 0) is 30.5 Å². The summed E-state index contributed by atoms with van der Waals surface area (Å²) in [6, 6.07) is 6.58. The number of urea groups is 1. The second-order valence-electron chi connectivity index (χ2n) is 7.76. The summed E-state index contributed by atoms with van der Waals surface area (Å²) in [4.78, 5) is 33.4. The molecule has 0 aliphatic carbocycles. The molecule has 2 aromatic rings. The first-order valence-corrected chi connectivity index (χ1v) is 10.5. The maximum Gasteiger partial charge on any atom is 0.322 e. The molecule has 0 radical (unpaired) electrons. The molecule has 172 valence electrons. The zero-order valence-corrected chi connectivity index (χ0v) is 19.0. The van der Waals surface area contributed by atoms with E-state index in [0.29, 0.717) is 42.4 Å². The fourth-order valence-electron chi connectivity index (χ4n) is 3.56. The predicted molar refractivity (Wildman–Crippen MR) is 120 cm³/mol. The van der Waals surface area contributed by atoms with Crippen molar-refractivity contribution in [3.63, 3.8) is 0 Å². The van der Waals surface area contributed by atoms with Gasteiger partial charge in [-0.25, -0.2) is 4.79 Å². The molecule has 1 aromatic heterocycles. The highest BCUT2D eigenvalue weighted by Gasteiger charge is 2.25. The number of aromatic nitrogens is 1. The lowest BCUT2D eigenvalue weighted by Crippen LogP contribution is -2.40. The maximum absolute atomic E-state index is 13.3. The molecule has 1 fully saturated rings. The van der Waals surface area contributed by atoms with Gasteiger partial charge in [0.05, 0.1) is 31.6 Å². The average molecular weight is 443 g/mol. The van der Waals surface area contributed by atoms with Crippen LogP contribution >= 0.6 is 0 Å². The first kappa shape index (κ1) is 23.3. The normalized spacial score (nSPS) is 15.2. The molecule has 9 heteroatoms. The molecule has 1 aliphatic rings. The van der Waals surface area contributed by atoms with Gasteiger partial charge in [0.25, 0.3) is 5.91 Å². The molecule has 9 nitrogen and oxygen atoms in total. The van der Waals surface area contributed by atoms with E-state index in [1.54, 1.807) is 43.5 Å². The van der Waals surface area contributed by atoms with Crippen LogP contribution < -0.4 is 14.8 Å². The second kappa shape index (κ2) is 10.8. The van der Waals surface area contributed by atoms with Crippen LogP contribution in [0.2, 0.25) is 0 Å². The Morgan fingerprint density at radius 1 is 1.22 bits per heavy atom. The number of amides is 3. The summed E-state index contributed by atoms with van der Waals surface area (Å²) in [6.07, 6.45) is 5.27. The van der Waals surface area contributed by atoms with Crippen molar-refractivity contribution in [2.24, 2.45) is 0 Å². The van der Waals surface area contributed by atoms with Gasteiger partial charge in [-0.3, -0.25) is 9.78 Å². The zero-order valence-electron chi connectivity index (χ0n) is 19.0. The van der Waals surface area contributed by atoms with Crippen LogP contribution in [-0.4, -0.2) is 74.3 Å². The number of nitrogens with one attached hydrogen (secondary N) is 1. The first-order valence-electron chi connectivity index (χ1n) is 10.5. The first-order chi connectivity index (χ1) is 15.4. The molecule has 0 saturated carbocycles. The van der Waals surface area contributed by atoms with E-state index in [0.717, 1.165) is 18.4 Å². The van der Waals surface area contributed by atoms with Gasteiger partial charge in [-0.1, -0.05) is 6.07 Å². The number of rotatable bonds is 8. The van der Waals surface area contributed by atoms with Crippen molar-refractivity contribution in [3.05, 3.63) is 47.8 Å². The summed E-state index contributed by atoms with van der Waals surface area (Å²) in [7, 11) is 6.30. The Morgan fingerprint density at radius 3 is 2.56 bits per heavy atom. The summed E-state index contributed by atoms with van der Waals surface area (Å²) < 4.78 is 16.5. The van der Waals surface area contributed by atoms with E-state index in [4.69, 9.17) is 14.2 Å². The minimum Gasteiger partial charge on any atom is -0.493 e. The molecule has 3 amide bonds. The van der Waals surface area contributed by atoms with Crippen molar-refractivity contribution < 1.29 is 23.8 Å². The van der Waals surface area contributed by atoms with Crippen molar-refractivity contribution in [1.29, 1.82) is 0 Å². The van der Waals surface area contributed by atoms with Gasteiger partial charge in [-0.15, -0.1) is 0 Å². The summed E-state index contributed by atoms with van der Waals surface area (Å²) in [5.74, 6) is 0.553. The standard InChI is InChI=1S/C23H30N4O5/c1-26(2)22(28)18-11-20(30-3)21(31-4)12-19(18)25-23(29)27(15-17-8-6-10-32-17)14-16-7-5-9-24-13-16/h5,7,9,11-13,17H,6,8,10,14-15H2,1-4H3,(H,25,29)/t17-/m1/s1. The van der Waals surface area contributed by atoms with E-state index in [9.17, 15) is 9.59 Å². The van der Waals surface area contributed by atoms with Crippen LogP contribution in [-0.2, 0) is 11.3 Å². The second-order valence-corrected chi connectivity index (χ2v) is 7.76. The quantitative estimate of drug-likeness (QED) is 0.676. The van der Waals surface area contributed by atoms with Gasteiger partial charge in [0.2, 0.25) is 0 Å². The Bertz CT molecular complexity index is 929. The molecule has 1 aliphatic heterocycles. The minimum atomic E-state index is -0.343. The van der Waals surface area contributed by atoms with Crippen LogP contribution in [0.1, 0.15) is 28.8 Å². The number of carbonyl (C=O) groups is 2. The van der Waals surface area contributed by atoms with Crippen LogP contribution in [0.5, 0.6) is 11.5 Å². The molecule has 1 aromatic carbocycles. The zero-order chi connectivity index (χ0) is 23.1. The van der Waals surface area contributed by atoms with E-state index in [1.165, 1.54) is 19.1 Å². The average Bonchev–Trinajstić information content (AvgIpc) is 3.31. The Labute approximate surface area is 188 Å². The Hall–Kier alpha value is -3.33. The van der Waals surface area contributed by atoms with Gasteiger partial charge < -0.3 is 29.3 Å². The van der Waals surface area contributed by atoms with Crippen LogP contribution in [0, 0.1) is 0 Å². The van der Waals surface area contributed by atoms with Gasteiger partial charge >= 0.3 is 6.03 Å². The highest BCUT2D eigenvalue weighted by molar-refractivity contribution is 6.04. The number of hydrogen-bond donors (Lipinski definition) is 1. The highest BCUT2D eigenvalue weighted by Crippen LogP contribution is 2.34. The lowest BCUT2D eigenvalue weighted by molar-refractivity contribution is 0.0816. The van der Waals surface area contributed by atoms with Gasteiger partial charge in [0.15, 0.2) is 11.5 Å². The maximum atomic E-state index is 13.3. The molecule has 3 rings (SSSR count). The molecule has 0 bridgehead atoms. The number of benzene rings is 1. The Kier molecular flexibility index (Phi) is 7.88. The lowest BCUT2D eigenvalue weighted by Gasteiger charge is -2.26. The lowest BCUT2D eigenvalue weighted by atomic mass is 10.1. The predicted octanol–water partition coefficient (Wildman–Crippen LogP) is 3.01. The van der Waals surface area contributed by atoms with Crippen LogP contribution in [0.15, 0.2) is 36.7 Å². The molecule has 1 atom stereocenters. The number of anilines is 1. The van der Waals surface area contributed by atoms with Crippen molar-refractivity contribution in [1.82, 2.24) is 14.8 Å². The van der Waals surface area contributed by atoms with Crippen LogP contribution in [0.3, 0.4) is 0 Å². The number of nitrogens with zero attached hydrogens (tertiary/aromatic N) is 3. The summed E-state index contributed by atoms with van der Waals surface area (Å²) in [5.41, 5.74) is 1.55. The van der Waals surface area contributed by atoms with Crippen LogP contribution in [0.25, 0.3) is 0 Å². The number of carbonyl (C=O) groups excluding carboxylic acids is 2. The Morgan fingerprint density at radius 2 is 1.97 bits per heavy atom. The van der Waals surface area contributed by atoms with E-state index >= 15 is 0 Å². The number of methoxy groups -OCH3 is 2. The molecule has 0 unspecified atom stereocenters. The summed E-state index contributed by atoms with van der Waals surface area (Å²) in [5, 5.41) is 2.89. The summed E-state index contributed by atoms with van der Waals surface area (Å²) >= 11 is 0. The van der Waals surface area contributed by atoms with Gasteiger partial charge in [0.1, 0.15) is 0 Å². The third kappa shape index (κ3) is 5.67. The van der Waals surface area contributed by atoms with Gasteiger partial charge in [-0.2, -0.15) is 0 Å². The van der Waals surface area contributed by atoms with E-state index in [-0.39, 0.29) is 18.0 Å². The minimum absolute atomic E-state index is 0.0225. The fourth-order valence-corrected chi connectivity index (χ4v) is 3.56. The van der Waals surface area contributed by atoms with E-state index in [1.807, 2.05) is 12.1 Å². The van der Waals surface area contributed by atoms with Crippen LogP contribution in [0.4, 0.5) is 10.5 Å². The molecule has 2 heterocycles. The molecule has 1 N–H and O–H groups in total. The monoisotopic (exact) mass is 442 g/mol. The van der Waals surface area contributed by atoms with Crippen molar-refractivity contribution >= 4 is 17.6 Å². The van der Waals surface area contributed by atoms with E-state index in [2.05, 4.69) is 10.3 Å². The third-order valence-corrected chi connectivity index (χ3v) is 5.23. The topological polar surface area (TPSA) is 93.2 Å². The number of ether oxygens (including phenoxy) is 3. The molecule has 32 heavy (non-hydrogen) atoms. The smallest absolute Gasteiger partial charge is 0.322 e. The Balaban J connectivity index is 1.90. The van der Waals surface area contributed by atoms with Crippen molar-refractivity contribution in [3.8, 4) is 11.5 Å². The SMILES string of the molecule is COc1cc(NC(=O)N(Cc2cccnc2)C[C@H]2CCCO2)c(C(=O)N(C)C)cc1OC. The number of pyridine rings is 1. The third-order valence-electron chi connectivity index (χ3n) is 5.23. The summed E-state index contributed by atoms with van der Waals surface area (Å²) in [6.45, 7) is 1.50. The largest absolute Gasteiger partial charge is 0.493 e. The number of hydrogen-bond acceptors (Lipinski definition) is 6. The molecular weight excluding hydrogens is 412 g/mol. The van der Waals surface area contributed by atoms with E-state index < -0.39 is 0 Å². The highest BCUT2D eigenvalue weighted by atomic mass is 16.5. The molecule has 0 spiro atoms. The molecular formula is C23H30N4O5. The van der Waals surface area contributed by atoms with Crippen molar-refractivity contribution in [2.45, 2.75) is 25.5 Å². The molecule has 1 saturated heterocycles. The fraction of sp³-hybridized carbons (Fsp3) is 0.435. The van der Waals surface area contributed by atoms with Gasteiger partial charge in [0, 0.05) is 52.3 Å². The van der Waals surface area contributed by atoms with Crippen molar-refractivity contribution in [2.75, 3.05) is 46.8 Å².